The molecule has 1 aromatic carbocycles. The minimum atomic E-state index is -3.71. The fourth-order valence-corrected chi connectivity index (χ4v) is 4.37. The first-order chi connectivity index (χ1) is 15.1. The maximum Gasteiger partial charge on any atom is 0.328 e. The van der Waals surface area contributed by atoms with Crippen molar-refractivity contribution in [2.24, 2.45) is 9.98 Å². The minimum absolute atomic E-state index is 0.176. The Hall–Kier alpha value is -2.33. The average molecular weight is 465 g/mol. The van der Waals surface area contributed by atoms with Crippen LogP contribution < -0.4 is 14.8 Å². The van der Waals surface area contributed by atoms with Gasteiger partial charge in [0.05, 0.1) is 12.1 Å². The number of benzene rings is 1. The minimum Gasteiger partial charge on any atom is -0.494 e. The van der Waals surface area contributed by atoms with Gasteiger partial charge in [0.2, 0.25) is 11.9 Å². The Morgan fingerprint density at radius 3 is 2.62 bits per heavy atom. The normalized spacial score (nSPS) is 21.9. The quantitative estimate of drug-likeness (QED) is 0.604. The molecule has 0 radical (unpaired) electrons. The van der Waals surface area contributed by atoms with Crippen LogP contribution in [0.15, 0.2) is 34.3 Å². The molecular formula is C22H36N6O3S. The van der Waals surface area contributed by atoms with Gasteiger partial charge in [-0.2, -0.15) is 8.42 Å². The summed E-state index contributed by atoms with van der Waals surface area (Å²) in [6.07, 6.45) is 4.56. The van der Waals surface area contributed by atoms with Crippen molar-refractivity contribution in [2.45, 2.75) is 58.5 Å². The first kappa shape index (κ1) is 24.3. The lowest BCUT2D eigenvalue weighted by molar-refractivity contribution is 0.220. The van der Waals surface area contributed by atoms with Crippen LogP contribution in [0.3, 0.4) is 0 Å². The summed E-state index contributed by atoms with van der Waals surface area (Å²) in [7, 11) is -2.26. The standard InChI is InChI=1S/C22H36N6O3S/c1-22(2,3)25-21-24-20(26-32(29,30)27(21)4)23-12-9-15-31-19-11-8-10-18(16-19)17-28-13-6-5-7-14-28/h8,10-11,16H,5-7,9,12-15,17H2,1-4H3,(H2,23,24,25,26). The van der Waals surface area contributed by atoms with Gasteiger partial charge in [0, 0.05) is 26.6 Å². The van der Waals surface area contributed by atoms with Crippen LogP contribution in [-0.4, -0.2) is 68.4 Å². The lowest BCUT2D eigenvalue weighted by atomic mass is 10.1. The van der Waals surface area contributed by atoms with Crippen molar-refractivity contribution < 1.29 is 13.2 Å². The van der Waals surface area contributed by atoms with Crippen LogP contribution in [0, 0.1) is 0 Å². The van der Waals surface area contributed by atoms with Crippen molar-refractivity contribution in [3.05, 3.63) is 29.8 Å². The van der Waals surface area contributed by atoms with Crippen molar-refractivity contribution in [3.63, 3.8) is 0 Å². The maximum absolute atomic E-state index is 12.3. The Bertz CT molecular complexity index is 933. The second-order valence-electron chi connectivity index (χ2n) is 9.22. The molecule has 0 bridgehead atoms. The second-order valence-corrected chi connectivity index (χ2v) is 10.9. The summed E-state index contributed by atoms with van der Waals surface area (Å²) in [5, 5.41) is 2.96. The van der Waals surface area contributed by atoms with E-state index in [-0.39, 0.29) is 11.9 Å². The largest absolute Gasteiger partial charge is 0.494 e. The number of aliphatic imine (C=N–C) groups is 2. The molecule has 2 heterocycles. The van der Waals surface area contributed by atoms with Crippen LogP contribution in [0.5, 0.6) is 5.75 Å². The van der Waals surface area contributed by atoms with Crippen molar-refractivity contribution in [1.29, 1.82) is 0 Å². The van der Waals surface area contributed by atoms with Crippen molar-refractivity contribution in [1.82, 2.24) is 19.2 Å². The summed E-state index contributed by atoms with van der Waals surface area (Å²) >= 11 is 0. The number of nitrogens with zero attached hydrogens (tertiary/aromatic N) is 4. The van der Waals surface area contributed by atoms with Gasteiger partial charge in [-0.15, -0.1) is 0 Å². The Labute approximate surface area is 192 Å². The molecule has 2 aliphatic heterocycles. The summed E-state index contributed by atoms with van der Waals surface area (Å²) in [6, 6.07) is 8.24. The van der Waals surface area contributed by atoms with E-state index in [4.69, 9.17) is 4.74 Å². The number of likely N-dealkylation sites (tertiary alicyclic amines) is 1. The number of nitrogens with one attached hydrogen (secondary N) is 2. The summed E-state index contributed by atoms with van der Waals surface area (Å²) in [4.78, 5) is 11.3. The molecule has 2 saturated heterocycles. The smallest absolute Gasteiger partial charge is 0.328 e. The lowest BCUT2D eigenvalue weighted by Crippen LogP contribution is -2.61. The summed E-state index contributed by atoms with van der Waals surface area (Å²) < 4.78 is 34.0. The molecule has 0 spiro atoms. The molecule has 2 N–H and O–H groups in total. The predicted molar refractivity (Wildman–Crippen MR) is 128 cm³/mol. The van der Waals surface area contributed by atoms with E-state index < -0.39 is 15.7 Å². The second kappa shape index (κ2) is 10.5. The molecule has 0 unspecified atom stereocenters. The molecule has 178 valence electrons. The van der Waals surface area contributed by atoms with Crippen molar-refractivity contribution in [2.75, 3.05) is 33.3 Å². The first-order valence-corrected chi connectivity index (χ1v) is 12.7. The fraction of sp³-hybridized carbons (Fsp3) is 0.636. The van der Waals surface area contributed by atoms with E-state index in [1.54, 1.807) is 0 Å². The van der Waals surface area contributed by atoms with Gasteiger partial charge in [-0.25, -0.2) is 14.0 Å². The molecule has 0 atom stereocenters. The zero-order valence-corrected chi connectivity index (χ0v) is 20.4. The van der Waals surface area contributed by atoms with Crippen LogP contribution in [-0.2, 0) is 16.8 Å². The van der Waals surface area contributed by atoms with Crippen LogP contribution in [0.4, 0.5) is 0 Å². The van der Waals surface area contributed by atoms with Gasteiger partial charge in [-0.1, -0.05) is 18.6 Å². The Balaban J connectivity index is 1.49. The summed E-state index contributed by atoms with van der Waals surface area (Å²) in [5.74, 6) is 1.27. The topological polar surface area (TPSA) is 98.6 Å². The third kappa shape index (κ3) is 7.37. The zero-order chi connectivity index (χ0) is 23.2. The number of hydrogen-bond acceptors (Lipinski definition) is 6. The van der Waals surface area contributed by atoms with Gasteiger partial charge < -0.3 is 4.74 Å². The van der Waals surface area contributed by atoms with Crippen molar-refractivity contribution in [3.8, 4) is 5.75 Å². The van der Waals surface area contributed by atoms with E-state index in [1.165, 1.54) is 45.0 Å². The molecule has 9 nitrogen and oxygen atoms in total. The van der Waals surface area contributed by atoms with Crippen molar-refractivity contribution >= 4 is 22.1 Å². The molecule has 0 amide bonds. The zero-order valence-electron chi connectivity index (χ0n) is 19.6. The lowest BCUT2D eigenvalue weighted by Gasteiger charge is -2.30. The summed E-state index contributed by atoms with van der Waals surface area (Å²) in [5.41, 5.74) is 0.838. The van der Waals surface area contributed by atoms with Crippen LogP contribution >= 0.6 is 0 Å². The van der Waals surface area contributed by atoms with E-state index >= 15 is 0 Å². The maximum atomic E-state index is 12.3. The number of rotatable bonds is 7. The first-order valence-electron chi connectivity index (χ1n) is 11.2. The highest BCUT2D eigenvalue weighted by atomic mass is 32.2. The molecule has 3 rings (SSSR count). The van der Waals surface area contributed by atoms with Gasteiger partial charge in [-0.05, 0) is 64.4 Å². The monoisotopic (exact) mass is 464 g/mol. The number of guanidine groups is 2. The van der Waals surface area contributed by atoms with Gasteiger partial charge in [0.1, 0.15) is 5.75 Å². The van der Waals surface area contributed by atoms with E-state index in [0.29, 0.717) is 19.6 Å². The van der Waals surface area contributed by atoms with Gasteiger partial charge in [0.25, 0.3) is 0 Å². The third-order valence-corrected chi connectivity index (χ3v) is 6.50. The fourth-order valence-electron chi connectivity index (χ4n) is 3.56. The molecule has 2 fully saturated rings. The Kier molecular flexibility index (Phi) is 8.00. The highest BCUT2D eigenvalue weighted by Crippen LogP contribution is 2.18. The molecule has 0 aliphatic carbocycles. The van der Waals surface area contributed by atoms with Crippen LogP contribution in [0.2, 0.25) is 0 Å². The predicted octanol–water partition coefficient (Wildman–Crippen LogP) is 2.32. The molecule has 0 saturated carbocycles. The number of ether oxygens (including phenoxy) is 1. The van der Waals surface area contributed by atoms with Gasteiger partial charge in [0.15, 0.2) is 0 Å². The van der Waals surface area contributed by atoms with E-state index in [2.05, 4.69) is 37.1 Å². The van der Waals surface area contributed by atoms with Gasteiger partial charge in [-0.3, -0.25) is 15.2 Å². The molecule has 1 aromatic rings. The van der Waals surface area contributed by atoms with Gasteiger partial charge >= 0.3 is 10.2 Å². The van der Waals surface area contributed by atoms with E-state index in [1.807, 2.05) is 32.9 Å². The molecular weight excluding hydrogens is 428 g/mol. The van der Waals surface area contributed by atoms with Crippen LogP contribution in [0.1, 0.15) is 52.0 Å². The average Bonchev–Trinajstić information content (AvgIpc) is 2.71. The third-order valence-electron chi connectivity index (χ3n) is 5.15. The molecule has 2 aliphatic rings. The van der Waals surface area contributed by atoms with E-state index in [9.17, 15) is 8.42 Å². The molecule has 10 heteroatoms. The number of piperidine rings is 1. The highest BCUT2D eigenvalue weighted by molar-refractivity contribution is 7.88. The Morgan fingerprint density at radius 1 is 1.16 bits per heavy atom. The van der Waals surface area contributed by atoms with Crippen LogP contribution in [0.25, 0.3) is 0 Å². The molecule has 0 aromatic heterocycles. The summed E-state index contributed by atoms with van der Waals surface area (Å²) in [6.45, 7) is 9.93. The SMILES string of the molecule is CN1C(=NC(C)(C)C)NC(=NCCCOc2cccc(CN3CCCCC3)c2)NS1(=O)=O. The van der Waals surface area contributed by atoms with E-state index in [0.717, 1.165) is 16.6 Å². The Morgan fingerprint density at radius 2 is 1.91 bits per heavy atom. The highest BCUT2D eigenvalue weighted by Gasteiger charge is 2.30. The number of hydrogen-bond donors (Lipinski definition) is 2. The molecule has 32 heavy (non-hydrogen) atoms.